The van der Waals surface area contributed by atoms with E-state index in [1.807, 2.05) is 36.4 Å². The van der Waals surface area contributed by atoms with Crippen molar-refractivity contribution < 1.29 is 4.79 Å². The number of hydrogen-bond donors (Lipinski definition) is 0. The van der Waals surface area contributed by atoms with Gasteiger partial charge >= 0.3 is 0 Å². The Morgan fingerprint density at radius 2 is 2.42 bits per heavy atom. The molecule has 1 rings (SSSR count). The number of likely N-dealkylation sites (N-methyl/N-ethyl adjacent to an activating group) is 1. The van der Waals surface area contributed by atoms with Crippen molar-refractivity contribution in [1.29, 1.82) is 0 Å². The zero-order chi connectivity index (χ0) is 8.81. The summed E-state index contributed by atoms with van der Waals surface area (Å²) in [5, 5.41) is 0. The normalized spacial score (nSPS) is 10.2. The van der Waals surface area contributed by atoms with Crippen molar-refractivity contribution in [3.63, 3.8) is 0 Å². The fourth-order valence-electron chi connectivity index (χ4n) is 0.934. The summed E-state index contributed by atoms with van der Waals surface area (Å²) in [5.41, 5.74) is 0.968. The zero-order valence-corrected chi connectivity index (χ0v) is 7.03. The molecule has 0 fully saturated rings. The number of carbonyl (C=O) groups excluding carboxylic acids is 1. The van der Waals surface area contributed by atoms with Gasteiger partial charge in [0.15, 0.2) is 0 Å². The van der Waals surface area contributed by atoms with Crippen molar-refractivity contribution in [2.45, 2.75) is 6.54 Å². The van der Waals surface area contributed by atoms with Crippen LogP contribution in [0.15, 0.2) is 24.4 Å². The fraction of sp³-hybridized carbons (Fsp3) is 0.333. The van der Waals surface area contributed by atoms with E-state index in [4.69, 9.17) is 0 Å². The minimum Gasteiger partial charge on any atom is -0.293 e. The number of rotatable bonds is 4. The van der Waals surface area contributed by atoms with Gasteiger partial charge in [0.2, 0.25) is 6.29 Å². The molecule has 0 bridgehead atoms. The summed E-state index contributed by atoms with van der Waals surface area (Å²) in [6.07, 6.45) is 3.58. The van der Waals surface area contributed by atoms with Crippen LogP contribution >= 0.6 is 0 Å². The Balaban J connectivity index is 2.46. The summed E-state index contributed by atoms with van der Waals surface area (Å²) < 4.78 is 0. The van der Waals surface area contributed by atoms with Crippen LogP contribution in [0, 0.1) is 0 Å². The lowest BCUT2D eigenvalue weighted by atomic mass is 10.3. The fourth-order valence-corrected chi connectivity index (χ4v) is 0.934. The van der Waals surface area contributed by atoms with Crippen molar-refractivity contribution >= 4 is 6.29 Å². The molecule has 12 heavy (non-hydrogen) atoms. The Morgan fingerprint density at radius 1 is 1.58 bits per heavy atom. The molecule has 3 heteroatoms. The van der Waals surface area contributed by atoms with Crippen LogP contribution in [0.2, 0.25) is 0 Å². The molecule has 0 aliphatic heterocycles. The van der Waals surface area contributed by atoms with Gasteiger partial charge in [0.1, 0.15) is 0 Å². The second-order valence-electron chi connectivity index (χ2n) is 2.64. The van der Waals surface area contributed by atoms with Crippen molar-refractivity contribution in [2.24, 2.45) is 0 Å². The third kappa shape index (κ3) is 2.80. The Labute approximate surface area is 72.0 Å². The van der Waals surface area contributed by atoms with Gasteiger partial charge in [0.25, 0.3) is 0 Å². The number of nitrogens with zero attached hydrogens (tertiary/aromatic N) is 2. The average molecular weight is 163 g/mol. The Morgan fingerprint density at radius 3 is 3.00 bits per heavy atom. The van der Waals surface area contributed by atoms with E-state index >= 15 is 0 Å². The molecule has 0 atom stereocenters. The number of hydrogen-bond acceptors (Lipinski definition) is 3. The Bertz CT molecular complexity index is 236. The lowest BCUT2D eigenvalue weighted by molar-refractivity contribution is 0.360. The summed E-state index contributed by atoms with van der Waals surface area (Å²) in [6, 6.07) is 5.73. The summed E-state index contributed by atoms with van der Waals surface area (Å²) in [5.74, 6) is 0. The second kappa shape index (κ2) is 4.62. The van der Waals surface area contributed by atoms with E-state index in [0.29, 0.717) is 13.1 Å². The van der Waals surface area contributed by atoms with Crippen LogP contribution in [-0.4, -0.2) is 29.8 Å². The molecular formula is C9H11N2O. The van der Waals surface area contributed by atoms with Crippen molar-refractivity contribution in [1.82, 2.24) is 9.88 Å². The van der Waals surface area contributed by atoms with Crippen LogP contribution in [0.5, 0.6) is 0 Å². The first-order valence-electron chi connectivity index (χ1n) is 3.76. The molecule has 1 radical (unpaired) electrons. The molecule has 63 valence electrons. The highest BCUT2D eigenvalue weighted by Gasteiger charge is 1.98. The predicted octanol–water partition coefficient (Wildman–Crippen LogP) is 0.623. The lowest BCUT2D eigenvalue weighted by Crippen LogP contribution is -2.20. The van der Waals surface area contributed by atoms with Crippen molar-refractivity contribution in [2.75, 3.05) is 13.6 Å². The number of aromatic nitrogens is 1. The van der Waals surface area contributed by atoms with Gasteiger partial charge in [-0.1, -0.05) is 6.07 Å². The molecule has 0 spiro atoms. The van der Waals surface area contributed by atoms with Gasteiger partial charge in [-0.2, -0.15) is 0 Å². The first-order valence-corrected chi connectivity index (χ1v) is 3.76. The molecule has 0 aromatic carbocycles. The summed E-state index contributed by atoms with van der Waals surface area (Å²) in [6.45, 7) is 1.02. The van der Waals surface area contributed by atoms with Gasteiger partial charge in [0, 0.05) is 12.7 Å². The summed E-state index contributed by atoms with van der Waals surface area (Å²) in [7, 11) is 1.86. The summed E-state index contributed by atoms with van der Waals surface area (Å²) >= 11 is 0. The van der Waals surface area contributed by atoms with Gasteiger partial charge in [-0.25, -0.2) is 0 Å². The minimum atomic E-state index is 0.330. The van der Waals surface area contributed by atoms with Crippen LogP contribution in [0.3, 0.4) is 0 Å². The lowest BCUT2D eigenvalue weighted by Gasteiger charge is -2.10. The van der Waals surface area contributed by atoms with E-state index in [1.165, 1.54) is 0 Å². The molecule has 0 unspecified atom stereocenters. The van der Waals surface area contributed by atoms with Gasteiger partial charge in [-0.15, -0.1) is 0 Å². The highest BCUT2D eigenvalue weighted by atomic mass is 16.1. The Kier molecular flexibility index (Phi) is 3.41. The van der Waals surface area contributed by atoms with Crippen LogP contribution < -0.4 is 0 Å². The third-order valence-electron chi connectivity index (χ3n) is 1.49. The third-order valence-corrected chi connectivity index (χ3v) is 1.49. The quantitative estimate of drug-likeness (QED) is 0.652. The van der Waals surface area contributed by atoms with Gasteiger partial charge in [-0.3, -0.25) is 14.7 Å². The summed E-state index contributed by atoms with van der Waals surface area (Å²) in [4.78, 5) is 16.0. The molecule has 0 aliphatic carbocycles. The van der Waals surface area contributed by atoms with Gasteiger partial charge < -0.3 is 0 Å². The molecule has 0 aliphatic rings. The Hall–Kier alpha value is -1.22. The smallest absolute Gasteiger partial charge is 0.213 e. The molecule has 1 aromatic heterocycles. The standard InChI is InChI=1S/C9H11N2O/c1-11(6-7-12)8-9-4-2-3-5-10-9/h2-5H,6,8H2,1H3. The zero-order valence-electron chi connectivity index (χ0n) is 7.03. The van der Waals surface area contributed by atoms with Crippen LogP contribution in [0.1, 0.15) is 5.69 Å². The first kappa shape index (κ1) is 8.87. The average Bonchev–Trinajstić information content (AvgIpc) is 2.06. The topological polar surface area (TPSA) is 33.2 Å². The molecule has 0 saturated heterocycles. The van der Waals surface area contributed by atoms with Crippen molar-refractivity contribution in [3.05, 3.63) is 30.1 Å². The second-order valence-corrected chi connectivity index (χ2v) is 2.64. The predicted molar refractivity (Wildman–Crippen MR) is 46.3 cm³/mol. The van der Waals surface area contributed by atoms with Crippen LogP contribution in [-0.2, 0) is 11.3 Å². The number of pyridine rings is 1. The van der Waals surface area contributed by atoms with E-state index in [2.05, 4.69) is 4.98 Å². The molecule has 0 amide bonds. The molecule has 1 heterocycles. The molecule has 1 aromatic rings. The molecular weight excluding hydrogens is 152 g/mol. The minimum absolute atomic E-state index is 0.330. The van der Waals surface area contributed by atoms with Gasteiger partial charge in [0.05, 0.1) is 12.2 Å². The molecule has 3 nitrogen and oxygen atoms in total. The highest BCUT2D eigenvalue weighted by molar-refractivity contribution is 5.52. The van der Waals surface area contributed by atoms with Crippen LogP contribution in [0.25, 0.3) is 0 Å². The highest BCUT2D eigenvalue weighted by Crippen LogP contribution is 1.96. The van der Waals surface area contributed by atoms with E-state index in [9.17, 15) is 4.79 Å². The monoisotopic (exact) mass is 163 g/mol. The first-order chi connectivity index (χ1) is 5.83. The SMILES string of the molecule is CN(C[C]=O)Cc1ccccn1. The van der Waals surface area contributed by atoms with Crippen LogP contribution in [0.4, 0.5) is 0 Å². The van der Waals surface area contributed by atoms with E-state index < -0.39 is 0 Å². The maximum Gasteiger partial charge on any atom is 0.213 e. The van der Waals surface area contributed by atoms with E-state index in [1.54, 1.807) is 6.20 Å². The maximum absolute atomic E-state index is 10.0. The maximum atomic E-state index is 10.0. The molecule has 0 N–H and O–H groups in total. The van der Waals surface area contributed by atoms with Gasteiger partial charge in [-0.05, 0) is 19.2 Å². The van der Waals surface area contributed by atoms with E-state index in [0.717, 1.165) is 5.69 Å². The van der Waals surface area contributed by atoms with E-state index in [-0.39, 0.29) is 0 Å². The largest absolute Gasteiger partial charge is 0.293 e. The molecule has 0 saturated carbocycles. The van der Waals surface area contributed by atoms with Crippen molar-refractivity contribution in [3.8, 4) is 0 Å².